The van der Waals surface area contributed by atoms with Gasteiger partial charge in [-0.05, 0) is 19.1 Å². The zero-order valence-electron chi connectivity index (χ0n) is 7.17. The third-order valence-corrected chi connectivity index (χ3v) is 1.49. The molecule has 13 heavy (non-hydrogen) atoms. The number of hydrogen-bond acceptors (Lipinski definition) is 3. The predicted octanol–water partition coefficient (Wildman–Crippen LogP) is 2.22. The molecule has 0 saturated heterocycles. The van der Waals surface area contributed by atoms with Crippen LogP contribution in [0.1, 0.15) is 6.92 Å². The van der Waals surface area contributed by atoms with Crippen LogP contribution in [-0.4, -0.2) is 12.6 Å². The third-order valence-electron chi connectivity index (χ3n) is 1.49. The summed E-state index contributed by atoms with van der Waals surface area (Å²) in [6, 6.07) is 4.03. The molecule has 68 valence electrons. The molecule has 0 amide bonds. The molecule has 0 unspecified atom stereocenters. The molecule has 0 aliphatic heterocycles. The lowest BCUT2D eigenvalue weighted by molar-refractivity contribution is 0.565. The Hall–Kier alpha value is -1.67. The average Bonchev–Trinajstić information content (AvgIpc) is 2.10. The molecule has 1 N–H and O–H groups in total. The van der Waals surface area contributed by atoms with Crippen molar-refractivity contribution in [1.29, 1.82) is 0 Å². The Morgan fingerprint density at radius 3 is 3.00 bits per heavy atom. The summed E-state index contributed by atoms with van der Waals surface area (Å²) in [4.78, 5) is 13.4. The Kier molecular flexibility index (Phi) is 3.17. The van der Waals surface area contributed by atoms with Crippen LogP contribution in [0.2, 0.25) is 0 Å². The van der Waals surface area contributed by atoms with Gasteiger partial charge in [-0.1, -0.05) is 0 Å². The smallest absolute Gasteiger partial charge is 0.240 e. The summed E-state index contributed by atoms with van der Waals surface area (Å²) in [6.45, 7) is 2.59. The topological polar surface area (TPSA) is 41.5 Å². The molecule has 0 radical (unpaired) electrons. The molecule has 1 aromatic carbocycles. The highest BCUT2D eigenvalue weighted by molar-refractivity contribution is 5.68. The minimum Gasteiger partial charge on any atom is -0.384 e. The van der Waals surface area contributed by atoms with Gasteiger partial charge in [0.05, 0.1) is 5.69 Å². The fourth-order valence-electron chi connectivity index (χ4n) is 0.986. The molecule has 0 spiro atoms. The van der Waals surface area contributed by atoms with Crippen molar-refractivity contribution in [3.05, 3.63) is 24.0 Å². The molecule has 0 heterocycles. The van der Waals surface area contributed by atoms with Crippen molar-refractivity contribution in [1.82, 2.24) is 0 Å². The maximum Gasteiger partial charge on any atom is 0.240 e. The van der Waals surface area contributed by atoms with E-state index in [1.54, 1.807) is 0 Å². The van der Waals surface area contributed by atoms with Gasteiger partial charge in [-0.15, -0.1) is 0 Å². The van der Waals surface area contributed by atoms with Crippen molar-refractivity contribution < 1.29 is 9.18 Å². The number of isocyanates is 1. The molecule has 0 bridgehead atoms. The van der Waals surface area contributed by atoms with E-state index in [1.165, 1.54) is 24.3 Å². The van der Waals surface area contributed by atoms with E-state index in [2.05, 4.69) is 10.3 Å². The number of rotatable bonds is 3. The van der Waals surface area contributed by atoms with E-state index >= 15 is 0 Å². The van der Waals surface area contributed by atoms with Crippen molar-refractivity contribution in [2.24, 2.45) is 4.99 Å². The largest absolute Gasteiger partial charge is 0.384 e. The first-order valence-electron chi connectivity index (χ1n) is 3.89. The monoisotopic (exact) mass is 180 g/mol. The maximum atomic E-state index is 12.7. The van der Waals surface area contributed by atoms with Gasteiger partial charge < -0.3 is 5.32 Å². The van der Waals surface area contributed by atoms with Crippen LogP contribution >= 0.6 is 0 Å². The molecule has 4 heteroatoms. The Morgan fingerprint density at radius 1 is 1.62 bits per heavy atom. The second kappa shape index (κ2) is 4.38. The quantitative estimate of drug-likeness (QED) is 0.572. The Morgan fingerprint density at radius 2 is 2.38 bits per heavy atom. The minimum atomic E-state index is -0.421. The molecule has 3 nitrogen and oxygen atoms in total. The van der Waals surface area contributed by atoms with E-state index in [4.69, 9.17) is 0 Å². The number of nitrogens with zero attached hydrogens (tertiary/aromatic N) is 1. The Labute approximate surface area is 75.3 Å². The van der Waals surface area contributed by atoms with Crippen LogP contribution in [0.3, 0.4) is 0 Å². The van der Waals surface area contributed by atoms with Crippen LogP contribution in [0.15, 0.2) is 23.2 Å². The zero-order chi connectivity index (χ0) is 9.68. The summed E-state index contributed by atoms with van der Waals surface area (Å²) < 4.78 is 12.7. The van der Waals surface area contributed by atoms with Crippen LogP contribution in [0.4, 0.5) is 15.8 Å². The van der Waals surface area contributed by atoms with Crippen LogP contribution in [0.25, 0.3) is 0 Å². The van der Waals surface area contributed by atoms with Gasteiger partial charge in [0.25, 0.3) is 0 Å². The molecular formula is C9H9FN2O. The fourth-order valence-corrected chi connectivity index (χ4v) is 0.986. The summed E-state index contributed by atoms with van der Waals surface area (Å²) in [6.07, 6.45) is 1.38. The van der Waals surface area contributed by atoms with Gasteiger partial charge >= 0.3 is 0 Å². The van der Waals surface area contributed by atoms with E-state index < -0.39 is 5.82 Å². The van der Waals surface area contributed by atoms with Gasteiger partial charge in [0.15, 0.2) is 0 Å². The van der Waals surface area contributed by atoms with Crippen LogP contribution in [0.5, 0.6) is 0 Å². The number of hydrogen-bond donors (Lipinski definition) is 1. The molecule has 0 aromatic heterocycles. The third kappa shape index (κ3) is 2.39. The molecular weight excluding hydrogens is 171 g/mol. The van der Waals surface area contributed by atoms with Crippen molar-refractivity contribution in [2.75, 3.05) is 11.9 Å². The lowest BCUT2D eigenvalue weighted by Gasteiger charge is -2.04. The first-order valence-corrected chi connectivity index (χ1v) is 3.89. The summed E-state index contributed by atoms with van der Waals surface area (Å²) in [7, 11) is 0. The van der Waals surface area contributed by atoms with Crippen LogP contribution < -0.4 is 5.32 Å². The average molecular weight is 180 g/mol. The number of anilines is 1. The highest BCUT2D eigenvalue weighted by Crippen LogP contribution is 2.24. The molecule has 0 atom stereocenters. The second-order valence-electron chi connectivity index (χ2n) is 2.39. The van der Waals surface area contributed by atoms with Gasteiger partial charge in [0.1, 0.15) is 11.5 Å². The Balaban J connectivity index is 3.10. The van der Waals surface area contributed by atoms with E-state index in [0.29, 0.717) is 12.2 Å². The van der Waals surface area contributed by atoms with Gasteiger partial charge in [0.2, 0.25) is 6.08 Å². The highest BCUT2D eigenvalue weighted by Gasteiger charge is 2.01. The summed E-state index contributed by atoms with van der Waals surface area (Å²) >= 11 is 0. The van der Waals surface area contributed by atoms with Gasteiger partial charge in [0, 0.05) is 12.6 Å². The summed E-state index contributed by atoms with van der Waals surface area (Å²) in [5, 5.41) is 2.95. The van der Waals surface area contributed by atoms with Crippen LogP contribution in [-0.2, 0) is 4.79 Å². The van der Waals surface area contributed by atoms with Crippen molar-refractivity contribution in [3.8, 4) is 0 Å². The maximum absolute atomic E-state index is 12.7. The first-order chi connectivity index (χ1) is 6.27. The second-order valence-corrected chi connectivity index (χ2v) is 2.39. The lowest BCUT2D eigenvalue weighted by Crippen LogP contribution is -1.96. The highest BCUT2D eigenvalue weighted by atomic mass is 19.1. The zero-order valence-corrected chi connectivity index (χ0v) is 7.17. The number of nitrogens with one attached hydrogen (secondary N) is 1. The Bertz CT molecular complexity index is 345. The number of carbonyl (C=O) groups excluding carboxylic acids is 1. The molecule has 1 rings (SSSR count). The van der Waals surface area contributed by atoms with Crippen molar-refractivity contribution in [2.45, 2.75) is 6.92 Å². The molecule has 0 aliphatic carbocycles. The van der Waals surface area contributed by atoms with E-state index in [9.17, 15) is 9.18 Å². The summed E-state index contributed by atoms with van der Waals surface area (Å²) in [5.41, 5.74) is 0.907. The summed E-state index contributed by atoms with van der Waals surface area (Å²) in [5.74, 6) is -0.421. The number of benzene rings is 1. The van der Waals surface area contributed by atoms with Gasteiger partial charge in [-0.3, -0.25) is 0 Å². The SMILES string of the molecule is CCNc1ccc(F)cc1N=C=O. The van der Waals surface area contributed by atoms with Gasteiger partial charge in [-0.25, -0.2) is 9.18 Å². The molecule has 0 saturated carbocycles. The van der Waals surface area contributed by atoms with Crippen molar-refractivity contribution >= 4 is 17.5 Å². The van der Waals surface area contributed by atoms with E-state index in [1.807, 2.05) is 6.92 Å². The molecule has 0 aliphatic rings. The van der Waals surface area contributed by atoms with Gasteiger partial charge in [-0.2, -0.15) is 4.99 Å². The fraction of sp³-hybridized carbons (Fsp3) is 0.222. The minimum absolute atomic E-state index is 0.275. The first kappa shape index (κ1) is 9.42. The number of halogens is 1. The molecule has 0 fully saturated rings. The predicted molar refractivity (Wildman–Crippen MR) is 48.3 cm³/mol. The van der Waals surface area contributed by atoms with E-state index in [-0.39, 0.29) is 5.69 Å². The number of aliphatic imine (C=N–C) groups is 1. The van der Waals surface area contributed by atoms with Crippen LogP contribution in [0, 0.1) is 5.82 Å². The normalized spacial score (nSPS) is 9.08. The molecule has 1 aromatic rings. The van der Waals surface area contributed by atoms with E-state index in [0.717, 1.165) is 0 Å². The van der Waals surface area contributed by atoms with Crippen molar-refractivity contribution in [3.63, 3.8) is 0 Å². The lowest BCUT2D eigenvalue weighted by atomic mass is 10.2. The standard InChI is InChI=1S/C9H9FN2O/c1-2-11-8-4-3-7(10)5-9(8)12-6-13/h3-5,11H,2H2,1H3.